The number of hydrogen-bond donors (Lipinski definition) is 1. The van der Waals surface area contributed by atoms with Crippen LogP contribution in [0.3, 0.4) is 0 Å². The van der Waals surface area contributed by atoms with Crippen molar-refractivity contribution in [2.45, 2.75) is 26.7 Å². The minimum Gasteiger partial charge on any atom is -0.463 e. The number of esters is 1. The van der Waals surface area contributed by atoms with Crippen molar-refractivity contribution in [3.05, 3.63) is 12.2 Å². The van der Waals surface area contributed by atoms with Crippen LogP contribution in [0.2, 0.25) is 0 Å². The fourth-order valence-electron chi connectivity index (χ4n) is 2.14. The van der Waals surface area contributed by atoms with Crippen LogP contribution in [0.4, 0.5) is 0 Å². The van der Waals surface area contributed by atoms with Crippen molar-refractivity contribution in [2.24, 2.45) is 5.41 Å². The molecule has 0 amide bonds. The van der Waals surface area contributed by atoms with Crippen molar-refractivity contribution in [1.29, 1.82) is 0 Å². The summed E-state index contributed by atoms with van der Waals surface area (Å²) in [5.74, 6) is -0.259. The van der Waals surface area contributed by atoms with Gasteiger partial charge in [-0.15, -0.1) is 0 Å². The van der Waals surface area contributed by atoms with E-state index in [0.29, 0.717) is 12.0 Å². The van der Waals surface area contributed by atoms with Crippen molar-refractivity contribution in [2.75, 3.05) is 39.8 Å². The minimum absolute atomic E-state index is 0.259. The highest BCUT2D eigenvalue weighted by atomic mass is 16.5. The topological polar surface area (TPSA) is 41.6 Å². The first-order valence-electron chi connectivity index (χ1n) is 6.78. The Morgan fingerprint density at radius 2 is 2.11 bits per heavy atom. The molecule has 1 saturated heterocycles. The lowest BCUT2D eigenvalue weighted by atomic mass is 9.80. The Labute approximate surface area is 110 Å². The third kappa shape index (κ3) is 5.65. The average Bonchev–Trinajstić information content (AvgIpc) is 2.33. The smallest absolute Gasteiger partial charge is 0.330 e. The number of likely N-dealkylation sites (tertiary alicyclic amines) is 1. The van der Waals surface area contributed by atoms with Gasteiger partial charge >= 0.3 is 5.97 Å². The Bertz CT molecular complexity index is 282. The third-order valence-corrected chi connectivity index (χ3v) is 3.55. The maximum atomic E-state index is 11.1. The molecule has 0 aromatic carbocycles. The molecule has 0 spiro atoms. The second-order valence-corrected chi connectivity index (χ2v) is 5.40. The lowest BCUT2D eigenvalue weighted by Crippen LogP contribution is -2.42. The number of ether oxygens (including phenoxy) is 1. The predicted molar refractivity (Wildman–Crippen MR) is 73.5 cm³/mol. The van der Waals surface area contributed by atoms with E-state index in [1.54, 1.807) is 0 Å². The van der Waals surface area contributed by atoms with Crippen molar-refractivity contribution in [3.63, 3.8) is 0 Å². The molecular formula is C14H26N2O2. The van der Waals surface area contributed by atoms with Crippen LogP contribution in [0.25, 0.3) is 0 Å². The van der Waals surface area contributed by atoms with E-state index >= 15 is 0 Å². The van der Waals surface area contributed by atoms with Crippen LogP contribution in [-0.4, -0.2) is 50.7 Å². The Morgan fingerprint density at radius 3 is 2.72 bits per heavy atom. The van der Waals surface area contributed by atoms with Gasteiger partial charge in [-0.2, -0.15) is 0 Å². The molecule has 18 heavy (non-hydrogen) atoms. The Kier molecular flexibility index (Phi) is 6.36. The van der Waals surface area contributed by atoms with Crippen molar-refractivity contribution < 1.29 is 9.53 Å². The van der Waals surface area contributed by atoms with Crippen LogP contribution in [0.15, 0.2) is 12.2 Å². The number of rotatable bonds is 6. The summed E-state index contributed by atoms with van der Waals surface area (Å²) in [4.78, 5) is 13.4. The highest BCUT2D eigenvalue weighted by molar-refractivity contribution is 5.81. The molecule has 0 aliphatic carbocycles. The van der Waals surface area contributed by atoms with Crippen molar-refractivity contribution >= 4 is 5.97 Å². The second kappa shape index (κ2) is 7.54. The summed E-state index contributed by atoms with van der Waals surface area (Å²) in [6.07, 6.45) is 5.79. The number of nitrogens with one attached hydrogen (secondary N) is 1. The van der Waals surface area contributed by atoms with Crippen LogP contribution in [0, 0.1) is 5.41 Å². The average molecular weight is 254 g/mol. The zero-order chi connectivity index (χ0) is 13.4. The lowest BCUT2D eigenvalue weighted by molar-refractivity contribution is -0.137. The fraction of sp³-hybridized carbons (Fsp3) is 0.786. The van der Waals surface area contributed by atoms with E-state index in [4.69, 9.17) is 4.74 Å². The number of carbonyl (C=O) groups excluding carboxylic acids is 1. The summed E-state index contributed by atoms with van der Waals surface area (Å²) < 4.78 is 4.81. The zero-order valence-corrected chi connectivity index (χ0v) is 11.9. The highest BCUT2D eigenvalue weighted by Gasteiger charge is 2.27. The van der Waals surface area contributed by atoms with Gasteiger partial charge in [-0.3, -0.25) is 0 Å². The van der Waals surface area contributed by atoms with E-state index in [2.05, 4.69) is 24.2 Å². The van der Waals surface area contributed by atoms with E-state index in [-0.39, 0.29) is 5.97 Å². The van der Waals surface area contributed by atoms with E-state index in [9.17, 15) is 4.79 Å². The van der Waals surface area contributed by atoms with E-state index < -0.39 is 0 Å². The number of hydrogen-bond acceptors (Lipinski definition) is 4. The summed E-state index contributed by atoms with van der Waals surface area (Å²) in [5.41, 5.74) is 0.393. The first-order valence-corrected chi connectivity index (χ1v) is 6.78. The normalized spacial score (nSPS) is 20.2. The fourth-order valence-corrected chi connectivity index (χ4v) is 2.14. The van der Waals surface area contributed by atoms with Crippen molar-refractivity contribution in [3.8, 4) is 0 Å². The molecule has 0 bridgehead atoms. The molecule has 0 unspecified atom stereocenters. The zero-order valence-electron chi connectivity index (χ0n) is 11.9. The maximum absolute atomic E-state index is 11.1. The number of nitrogens with zero attached hydrogens (tertiary/aromatic N) is 1. The van der Waals surface area contributed by atoms with Gasteiger partial charge < -0.3 is 15.0 Å². The summed E-state index contributed by atoms with van der Waals surface area (Å²) in [5, 5.41) is 3.39. The molecule has 1 fully saturated rings. The number of carbonyl (C=O) groups is 1. The van der Waals surface area contributed by atoms with Crippen molar-refractivity contribution in [1.82, 2.24) is 10.2 Å². The molecule has 1 aliphatic heterocycles. The van der Waals surface area contributed by atoms with Gasteiger partial charge in [-0.25, -0.2) is 4.79 Å². The van der Waals surface area contributed by atoms with E-state index in [1.165, 1.54) is 32.0 Å². The molecule has 0 radical (unpaired) electrons. The van der Waals surface area contributed by atoms with Gasteiger partial charge in [0.05, 0.1) is 6.61 Å². The number of piperidine rings is 1. The van der Waals surface area contributed by atoms with Gasteiger partial charge in [0.25, 0.3) is 0 Å². The quantitative estimate of drug-likeness (QED) is 0.442. The molecule has 0 aromatic rings. The standard InChI is InChI=1S/C14H26N2O2/c1-4-18-13(17)6-5-9-15-12-14(2)7-10-16(3)11-8-14/h5-6,15H,4,7-12H2,1-3H3/b6-5+. The molecule has 0 saturated carbocycles. The van der Waals surface area contributed by atoms with Crippen LogP contribution in [0.1, 0.15) is 26.7 Å². The van der Waals surface area contributed by atoms with Crippen LogP contribution in [0.5, 0.6) is 0 Å². The summed E-state index contributed by atoms with van der Waals surface area (Å²) in [6.45, 7) is 8.67. The van der Waals surface area contributed by atoms with Gasteiger partial charge in [0, 0.05) is 19.2 Å². The van der Waals surface area contributed by atoms with Gasteiger partial charge in [-0.05, 0) is 45.3 Å². The monoisotopic (exact) mass is 254 g/mol. The van der Waals surface area contributed by atoms with Gasteiger partial charge in [0.1, 0.15) is 0 Å². The van der Waals surface area contributed by atoms with Gasteiger partial charge in [0.15, 0.2) is 0 Å². The molecule has 0 atom stereocenters. The summed E-state index contributed by atoms with van der Waals surface area (Å²) in [6, 6.07) is 0. The Morgan fingerprint density at radius 1 is 1.44 bits per heavy atom. The minimum atomic E-state index is -0.259. The lowest BCUT2D eigenvalue weighted by Gasteiger charge is -2.38. The molecule has 1 N–H and O–H groups in total. The molecule has 104 valence electrons. The maximum Gasteiger partial charge on any atom is 0.330 e. The Balaban J connectivity index is 2.15. The molecule has 4 heteroatoms. The second-order valence-electron chi connectivity index (χ2n) is 5.40. The van der Waals surface area contributed by atoms with Crippen LogP contribution in [-0.2, 0) is 9.53 Å². The molecule has 0 aromatic heterocycles. The largest absolute Gasteiger partial charge is 0.463 e. The van der Waals surface area contributed by atoms with E-state index in [0.717, 1.165) is 13.1 Å². The van der Waals surface area contributed by atoms with Crippen LogP contribution >= 0.6 is 0 Å². The summed E-state index contributed by atoms with van der Waals surface area (Å²) >= 11 is 0. The first kappa shape index (κ1) is 15.2. The predicted octanol–water partition coefficient (Wildman–Crippen LogP) is 1.43. The van der Waals surface area contributed by atoms with Crippen LogP contribution < -0.4 is 5.32 Å². The molecule has 1 rings (SSSR count). The Hall–Kier alpha value is -0.870. The summed E-state index contributed by atoms with van der Waals surface area (Å²) in [7, 11) is 2.18. The first-order chi connectivity index (χ1) is 8.56. The van der Waals surface area contributed by atoms with Gasteiger partial charge in [0.2, 0.25) is 0 Å². The highest BCUT2D eigenvalue weighted by Crippen LogP contribution is 2.29. The molecule has 1 aliphatic rings. The third-order valence-electron chi connectivity index (χ3n) is 3.55. The molecule has 1 heterocycles. The van der Waals surface area contributed by atoms with E-state index in [1.807, 2.05) is 13.0 Å². The SMILES string of the molecule is CCOC(=O)/C=C/CNCC1(C)CCN(C)CC1. The van der Waals surface area contributed by atoms with Gasteiger partial charge in [-0.1, -0.05) is 13.0 Å². The molecular weight excluding hydrogens is 228 g/mol. The molecule has 4 nitrogen and oxygen atoms in total.